The van der Waals surface area contributed by atoms with Crippen LogP contribution in [0.15, 0.2) is 36.5 Å². The van der Waals surface area contributed by atoms with Gasteiger partial charge in [-0.3, -0.25) is 10.1 Å². The van der Waals surface area contributed by atoms with Crippen LogP contribution in [0.25, 0.3) is 0 Å². The quantitative estimate of drug-likeness (QED) is 0.631. The third kappa shape index (κ3) is 2.22. The number of nitrogen functional groups attached to an aromatic ring is 2. The van der Waals surface area contributed by atoms with E-state index in [-0.39, 0.29) is 17.2 Å². The van der Waals surface area contributed by atoms with Gasteiger partial charge in [-0.25, -0.2) is 4.98 Å². The molecule has 1 aromatic heterocycles. The van der Waals surface area contributed by atoms with Gasteiger partial charge in [-0.2, -0.15) is 0 Å². The lowest BCUT2D eigenvalue weighted by molar-refractivity contribution is -0.383. The van der Waals surface area contributed by atoms with Crippen LogP contribution in [0.4, 0.5) is 17.2 Å². The van der Waals surface area contributed by atoms with Crippen LogP contribution in [-0.2, 0) is 6.42 Å². The smallest absolute Gasteiger partial charge is 0.334 e. The highest BCUT2D eigenvalue weighted by molar-refractivity contribution is 5.72. The van der Waals surface area contributed by atoms with Gasteiger partial charge in [0.2, 0.25) is 5.82 Å². The zero-order valence-electron chi connectivity index (χ0n) is 9.54. The van der Waals surface area contributed by atoms with Crippen LogP contribution in [0, 0.1) is 10.1 Å². The Morgan fingerprint density at radius 1 is 1.22 bits per heavy atom. The van der Waals surface area contributed by atoms with Gasteiger partial charge in [0, 0.05) is 18.2 Å². The van der Waals surface area contributed by atoms with Gasteiger partial charge in [-0.1, -0.05) is 30.3 Å². The van der Waals surface area contributed by atoms with E-state index < -0.39 is 4.92 Å². The van der Waals surface area contributed by atoms with Crippen molar-refractivity contribution in [1.29, 1.82) is 0 Å². The van der Waals surface area contributed by atoms with Gasteiger partial charge in [0.1, 0.15) is 5.69 Å². The summed E-state index contributed by atoms with van der Waals surface area (Å²) in [4.78, 5) is 14.1. The molecule has 0 radical (unpaired) electrons. The average Bonchev–Trinajstić information content (AvgIpc) is 2.34. The molecule has 0 unspecified atom stereocenters. The molecule has 4 N–H and O–H groups in total. The Morgan fingerprint density at radius 3 is 2.50 bits per heavy atom. The molecule has 0 saturated heterocycles. The average molecular weight is 244 g/mol. The highest BCUT2D eigenvalue weighted by Gasteiger charge is 2.20. The van der Waals surface area contributed by atoms with Crippen molar-refractivity contribution in [3.8, 4) is 0 Å². The fourth-order valence-electron chi connectivity index (χ4n) is 1.72. The summed E-state index contributed by atoms with van der Waals surface area (Å²) in [5, 5.41) is 10.9. The van der Waals surface area contributed by atoms with Crippen molar-refractivity contribution in [3.63, 3.8) is 0 Å². The normalized spacial score (nSPS) is 10.2. The lowest BCUT2D eigenvalue weighted by Gasteiger charge is -2.07. The van der Waals surface area contributed by atoms with Crippen molar-refractivity contribution in [1.82, 2.24) is 4.98 Å². The highest BCUT2D eigenvalue weighted by Crippen LogP contribution is 2.30. The number of aromatic nitrogens is 1. The maximum Gasteiger partial charge on any atom is 0.334 e. The van der Waals surface area contributed by atoms with Crippen LogP contribution in [0.2, 0.25) is 0 Å². The molecule has 0 fully saturated rings. The molecule has 0 bridgehead atoms. The molecular weight excluding hydrogens is 232 g/mol. The first-order chi connectivity index (χ1) is 8.59. The minimum Gasteiger partial charge on any atom is -0.393 e. The van der Waals surface area contributed by atoms with Crippen molar-refractivity contribution in [2.75, 3.05) is 11.5 Å². The van der Waals surface area contributed by atoms with Gasteiger partial charge in [0.15, 0.2) is 0 Å². The summed E-state index contributed by atoms with van der Waals surface area (Å²) in [6.45, 7) is 0. The van der Waals surface area contributed by atoms with Crippen molar-refractivity contribution < 1.29 is 4.92 Å². The Morgan fingerprint density at radius 2 is 1.89 bits per heavy atom. The zero-order chi connectivity index (χ0) is 13.1. The number of rotatable bonds is 3. The van der Waals surface area contributed by atoms with E-state index in [1.165, 1.54) is 6.20 Å². The Bertz CT molecular complexity index is 584. The number of pyridine rings is 1. The maximum absolute atomic E-state index is 10.9. The molecule has 92 valence electrons. The molecule has 0 spiro atoms. The van der Waals surface area contributed by atoms with E-state index in [4.69, 9.17) is 11.5 Å². The largest absolute Gasteiger partial charge is 0.393 e. The summed E-state index contributed by atoms with van der Waals surface area (Å²) >= 11 is 0. The Hall–Kier alpha value is -2.63. The van der Waals surface area contributed by atoms with E-state index in [1.807, 2.05) is 30.3 Å². The summed E-state index contributed by atoms with van der Waals surface area (Å²) in [5.74, 6) is -0.158. The number of nitro groups is 1. The minimum atomic E-state index is -0.605. The monoisotopic (exact) mass is 244 g/mol. The standard InChI is InChI=1S/C12H12N4O2/c13-10-9(6-8-4-2-1-3-5-8)7-15-12(14)11(10)16(17)18/h1-5,7H,6H2,(H4,13,14,15). The van der Waals surface area contributed by atoms with Crippen molar-refractivity contribution in [2.24, 2.45) is 0 Å². The topological polar surface area (TPSA) is 108 Å². The van der Waals surface area contributed by atoms with Crippen LogP contribution < -0.4 is 11.5 Å². The molecular formula is C12H12N4O2. The second kappa shape index (κ2) is 4.70. The van der Waals surface area contributed by atoms with Crippen LogP contribution in [0.1, 0.15) is 11.1 Å². The lowest BCUT2D eigenvalue weighted by atomic mass is 10.0. The third-order valence-corrected chi connectivity index (χ3v) is 2.62. The zero-order valence-corrected chi connectivity index (χ0v) is 9.54. The first kappa shape index (κ1) is 11.8. The molecule has 0 saturated carbocycles. The van der Waals surface area contributed by atoms with Crippen LogP contribution >= 0.6 is 0 Å². The Kier molecular flexibility index (Phi) is 3.09. The number of anilines is 2. The van der Waals surface area contributed by atoms with Gasteiger partial charge in [-0.15, -0.1) is 0 Å². The van der Waals surface area contributed by atoms with E-state index in [1.54, 1.807) is 0 Å². The predicted octanol–water partition coefficient (Wildman–Crippen LogP) is 1.74. The molecule has 0 aliphatic carbocycles. The fraction of sp³-hybridized carbons (Fsp3) is 0.0833. The van der Waals surface area contributed by atoms with Gasteiger partial charge in [-0.05, 0) is 5.56 Å². The summed E-state index contributed by atoms with van der Waals surface area (Å²) in [6, 6.07) is 9.52. The maximum atomic E-state index is 10.9. The molecule has 0 amide bonds. The number of nitrogens with zero attached hydrogens (tertiary/aromatic N) is 2. The van der Waals surface area contributed by atoms with E-state index in [0.717, 1.165) is 5.56 Å². The van der Waals surface area contributed by atoms with E-state index in [9.17, 15) is 10.1 Å². The van der Waals surface area contributed by atoms with Crippen molar-refractivity contribution in [2.45, 2.75) is 6.42 Å². The van der Waals surface area contributed by atoms with E-state index >= 15 is 0 Å². The first-order valence-corrected chi connectivity index (χ1v) is 5.30. The highest BCUT2D eigenvalue weighted by atomic mass is 16.6. The summed E-state index contributed by atoms with van der Waals surface area (Å²) in [7, 11) is 0. The summed E-state index contributed by atoms with van der Waals surface area (Å²) in [5.41, 5.74) is 12.6. The SMILES string of the molecule is Nc1ncc(Cc2ccccc2)c(N)c1[N+](=O)[O-]. The number of nitrogens with two attached hydrogens (primary N) is 2. The number of hydrogen-bond donors (Lipinski definition) is 2. The summed E-state index contributed by atoms with van der Waals surface area (Å²) in [6.07, 6.45) is 1.96. The van der Waals surface area contributed by atoms with E-state index in [0.29, 0.717) is 12.0 Å². The van der Waals surface area contributed by atoms with Crippen LogP contribution in [0.3, 0.4) is 0 Å². The third-order valence-electron chi connectivity index (χ3n) is 2.62. The second-order valence-electron chi connectivity index (χ2n) is 3.85. The van der Waals surface area contributed by atoms with Crippen molar-refractivity contribution >= 4 is 17.2 Å². The lowest BCUT2D eigenvalue weighted by Crippen LogP contribution is -2.06. The Labute approximate surface area is 103 Å². The minimum absolute atomic E-state index is 0.0800. The molecule has 1 aromatic carbocycles. The van der Waals surface area contributed by atoms with Gasteiger partial charge >= 0.3 is 5.69 Å². The molecule has 6 heteroatoms. The van der Waals surface area contributed by atoms with Gasteiger partial charge in [0.05, 0.1) is 4.92 Å². The molecule has 0 aliphatic rings. The fourth-order valence-corrected chi connectivity index (χ4v) is 1.72. The first-order valence-electron chi connectivity index (χ1n) is 5.30. The molecule has 6 nitrogen and oxygen atoms in total. The van der Waals surface area contributed by atoms with Crippen LogP contribution in [0.5, 0.6) is 0 Å². The molecule has 0 atom stereocenters. The van der Waals surface area contributed by atoms with E-state index in [2.05, 4.69) is 4.98 Å². The second-order valence-corrected chi connectivity index (χ2v) is 3.85. The molecule has 2 aromatic rings. The number of hydrogen-bond acceptors (Lipinski definition) is 5. The van der Waals surface area contributed by atoms with Crippen LogP contribution in [-0.4, -0.2) is 9.91 Å². The molecule has 2 rings (SSSR count). The molecule has 0 aliphatic heterocycles. The van der Waals surface area contributed by atoms with Gasteiger partial charge in [0.25, 0.3) is 0 Å². The summed E-state index contributed by atoms with van der Waals surface area (Å²) < 4.78 is 0. The number of benzene rings is 1. The molecule has 18 heavy (non-hydrogen) atoms. The van der Waals surface area contributed by atoms with Gasteiger partial charge < -0.3 is 11.5 Å². The molecule has 1 heterocycles. The predicted molar refractivity (Wildman–Crippen MR) is 69.0 cm³/mol. The Balaban J connectivity index is 2.41. The van der Waals surface area contributed by atoms with Crippen molar-refractivity contribution in [3.05, 3.63) is 57.8 Å².